The number of para-hydroxylation sites is 1. The molecule has 2 aromatic carbocycles. The number of benzene rings is 2. The van der Waals surface area contributed by atoms with Crippen LogP contribution in [-0.2, 0) is 4.79 Å². The molecule has 0 N–H and O–H groups in total. The Hall–Kier alpha value is -2.82. The van der Waals surface area contributed by atoms with Gasteiger partial charge in [0.2, 0.25) is 5.91 Å². The molecule has 0 radical (unpaired) electrons. The first-order chi connectivity index (χ1) is 12.0. The molecule has 1 atom stereocenters. The first-order valence-electron chi connectivity index (χ1n) is 8.17. The summed E-state index contributed by atoms with van der Waals surface area (Å²) in [6.07, 6.45) is 0.206. The Morgan fingerprint density at radius 2 is 2.00 bits per heavy atom. The maximum Gasteiger partial charge on any atom is 0.226 e. The molecule has 0 bridgehead atoms. The Morgan fingerprint density at radius 1 is 1.20 bits per heavy atom. The van der Waals surface area contributed by atoms with Crippen molar-refractivity contribution in [3.05, 3.63) is 66.2 Å². The summed E-state index contributed by atoms with van der Waals surface area (Å²) in [5, 5.41) is 1.01. The lowest BCUT2D eigenvalue weighted by atomic mass is 10.2. The predicted molar refractivity (Wildman–Crippen MR) is 93.9 cm³/mol. The van der Waals surface area contributed by atoms with Gasteiger partial charge >= 0.3 is 0 Å². The van der Waals surface area contributed by atoms with Gasteiger partial charge in [-0.25, -0.2) is 4.39 Å². The van der Waals surface area contributed by atoms with E-state index in [1.54, 1.807) is 24.1 Å². The van der Waals surface area contributed by atoms with Crippen molar-refractivity contribution in [3.63, 3.8) is 0 Å². The third kappa shape index (κ3) is 3.99. The van der Waals surface area contributed by atoms with Crippen LogP contribution in [0.15, 0.2) is 59.0 Å². The molecule has 0 aliphatic carbocycles. The Morgan fingerprint density at radius 3 is 2.76 bits per heavy atom. The Bertz CT molecular complexity index is 841. The number of halogens is 1. The van der Waals surface area contributed by atoms with E-state index in [0.29, 0.717) is 5.75 Å². The number of ether oxygens (including phenoxy) is 1. The van der Waals surface area contributed by atoms with Crippen molar-refractivity contribution in [2.75, 3.05) is 13.7 Å². The number of hydrogen-bond acceptors (Lipinski definition) is 3. The van der Waals surface area contributed by atoms with Gasteiger partial charge in [-0.05, 0) is 31.2 Å². The maximum absolute atomic E-state index is 13.1. The number of fused-ring (bicyclic) bond motifs is 1. The van der Waals surface area contributed by atoms with Crippen molar-refractivity contribution in [2.24, 2.45) is 0 Å². The fraction of sp³-hybridized carbons (Fsp3) is 0.250. The van der Waals surface area contributed by atoms with E-state index < -0.39 is 0 Å². The van der Waals surface area contributed by atoms with Gasteiger partial charge in [0.1, 0.15) is 22.9 Å². The summed E-state index contributed by atoms with van der Waals surface area (Å²) < 4.78 is 24.3. The third-order valence-corrected chi connectivity index (χ3v) is 4.21. The van der Waals surface area contributed by atoms with Crippen LogP contribution >= 0.6 is 0 Å². The lowest BCUT2D eigenvalue weighted by molar-refractivity contribution is -0.132. The van der Waals surface area contributed by atoms with Crippen LogP contribution in [0, 0.1) is 5.82 Å². The molecular weight excluding hydrogens is 321 g/mol. The molecule has 1 heterocycles. The van der Waals surface area contributed by atoms with E-state index >= 15 is 0 Å². The normalized spacial score (nSPS) is 12.1. The van der Waals surface area contributed by atoms with E-state index in [2.05, 4.69) is 0 Å². The summed E-state index contributed by atoms with van der Waals surface area (Å²) in [4.78, 5) is 14.0. The molecule has 4 nitrogen and oxygen atoms in total. The molecule has 1 amide bonds. The summed E-state index contributed by atoms with van der Waals surface area (Å²) in [5.74, 6) is 0.729. The summed E-state index contributed by atoms with van der Waals surface area (Å²) in [5.41, 5.74) is 0.805. The van der Waals surface area contributed by atoms with Crippen LogP contribution in [0.1, 0.15) is 25.1 Å². The van der Waals surface area contributed by atoms with Gasteiger partial charge in [0.25, 0.3) is 0 Å². The molecule has 25 heavy (non-hydrogen) atoms. The molecule has 0 saturated heterocycles. The van der Waals surface area contributed by atoms with Gasteiger partial charge in [-0.3, -0.25) is 4.79 Å². The van der Waals surface area contributed by atoms with Crippen molar-refractivity contribution >= 4 is 16.9 Å². The summed E-state index contributed by atoms with van der Waals surface area (Å²) in [7, 11) is 1.74. The largest absolute Gasteiger partial charge is 0.493 e. The number of nitrogens with zero attached hydrogens (tertiary/aromatic N) is 1. The first kappa shape index (κ1) is 17.0. The lowest BCUT2D eigenvalue weighted by Gasteiger charge is -2.23. The molecule has 1 aromatic heterocycles. The molecule has 3 rings (SSSR count). The highest BCUT2D eigenvalue weighted by atomic mass is 19.1. The van der Waals surface area contributed by atoms with Crippen LogP contribution in [0.25, 0.3) is 11.0 Å². The average Bonchev–Trinajstić information content (AvgIpc) is 3.04. The van der Waals surface area contributed by atoms with Gasteiger partial charge in [0.05, 0.1) is 19.1 Å². The van der Waals surface area contributed by atoms with Crippen molar-refractivity contribution < 1.29 is 18.3 Å². The highest BCUT2D eigenvalue weighted by Crippen LogP contribution is 2.27. The van der Waals surface area contributed by atoms with Crippen LogP contribution in [0.5, 0.6) is 5.75 Å². The van der Waals surface area contributed by atoms with E-state index in [9.17, 15) is 9.18 Å². The summed E-state index contributed by atoms with van der Waals surface area (Å²) in [6.45, 7) is 2.11. The summed E-state index contributed by atoms with van der Waals surface area (Å²) >= 11 is 0. The second-order valence-corrected chi connectivity index (χ2v) is 5.92. The van der Waals surface area contributed by atoms with Crippen LogP contribution < -0.4 is 4.74 Å². The summed E-state index contributed by atoms with van der Waals surface area (Å²) in [6, 6.07) is 15.4. The molecule has 0 fully saturated rings. The van der Waals surface area contributed by atoms with Crippen molar-refractivity contribution in [1.82, 2.24) is 4.90 Å². The Kier molecular flexibility index (Phi) is 5.03. The number of rotatable bonds is 6. The molecule has 130 valence electrons. The highest BCUT2D eigenvalue weighted by Gasteiger charge is 2.20. The average molecular weight is 341 g/mol. The monoisotopic (exact) mass is 341 g/mol. The fourth-order valence-electron chi connectivity index (χ4n) is 2.60. The zero-order valence-electron chi connectivity index (χ0n) is 14.2. The zero-order chi connectivity index (χ0) is 17.8. The second-order valence-electron chi connectivity index (χ2n) is 5.92. The molecule has 5 heteroatoms. The minimum absolute atomic E-state index is 0.0654. The molecule has 3 aromatic rings. The molecule has 0 spiro atoms. The Labute approximate surface area is 145 Å². The zero-order valence-corrected chi connectivity index (χ0v) is 14.2. The highest BCUT2D eigenvalue weighted by molar-refractivity contribution is 5.79. The molecular formula is C20H20FNO3. The number of hydrogen-bond donors (Lipinski definition) is 0. The number of carbonyl (C=O) groups excluding carboxylic acids is 1. The fourth-order valence-corrected chi connectivity index (χ4v) is 2.60. The molecule has 0 aliphatic heterocycles. The van der Waals surface area contributed by atoms with E-state index in [0.717, 1.165) is 16.7 Å². The second kappa shape index (κ2) is 7.38. The number of carbonyl (C=O) groups is 1. The van der Waals surface area contributed by atoms with E-state index in [1.807, 2.05) is 37.3 Å². The minimum Gasteiger partial charge on any atom is -0.493 e. The lowest BCUT2D eigenvalue weighted by Crippen LogP contribution is -2.30. The topological polar surface area (TPSA) is 42.7 Å². The van der Waals surface area contributed by atoms with Crippen LogP contribution in [-0.4, -0.2) is 24.5 Å². The van der Waals surface area contributed by atoms with Gasteiger partial charge < -0.3 is 14.1 Å². The van der Waals surface area contributed by atoms with Gasteiger partial charge in [0.15, 0.2) is 0 Å². The van der Waals surface area contributed by atoms with Crippen molar-refractivity contribution in [3.8, 4) is 5.75 Å². The number of furan rings is 1. The van der Waals surface area contributed by atoms with Crippen LogP contribution in [0.4, 0.5) is 4.39 Å². The molecule has 0 aliphatic rings. The SMILES string of the molecule is C[C@H](c1cc2ccccc2o1)N(C)C(=O)CCOc1cccc(F)c1. The first-order valence-corrected chi connectivity index (χ1v) is 8.17. The quantitative estimate of drug-likeness (QED) is 0.660. The van der Waals surface area contributed by atoms with Gasteiger partial charge in [-0.2, -0.15) is 0 Å². The van der Waals surface area contributed by atoms with Gasteiger partial charge in [0, 0.05) is 18.5 Å². The third-order valence-electron chi connectivity index (χ3n) is 4.21. The van der Waals surface area contributed by atoms with Crippen molar-refractivity contribution in [1.29, 1.82) is 0 Å². The Balaban J connectivity index is 1.57. The van der Waals surface area contributed by atoms with E-state index in [-0.39, 0.29) is 30.8 Å². The van der Waals surface area contributed by atoms with Crippen LogP contribution in [0.2, 0.25) is 0 Å². The van der Waals surface area contributed by atoms with Crippen molar-refractivity contribution in [2.45, 2.75) is 19.4 Å². The van der Waals surface area contributed by atoms with Crippen LogP contribution in [0.3, 0.4) is 0 Å². The van der Waals surface area contributed by atoms with E-state index in [1.165, 1.54) is 12.1 Å². The molecule has 0 unspecified atom stereocenters. The number of amides is 1. The van der Waals surface area contributed by atoms with Gasteiger partial charge in [-0.15, -0.1) is 0 Å². The van der Waals surface area contributed by atoms with E-state index in [4.69, 9.17) is 9.15 Å². The minimum atomic E-state index is -0.362. The standard InChI is InChI=1S/C20H20FNO3/c1-14(19-12-15-6-3-4-9-18(15)25-19)22(2)20(23)10-11-24-17-8-5-7-16(21)13-17/h3-9,12-14H,10-11H2,1-2H3/t14-/m1/s1. The van der Waals surface area contributed by atoms with Gasteiger partial charge in [-0.1, -0.05) is 24.3 Å². The predicted octanol–water partition coefficient (Wildman–Crippen LogP) is 4.56. The maximum atomic E-state index is 13.1. The smallest absolute Gasteiger partial charge is 0.226 e. The molecule has 0 saturated carbocycles.